The van der Waals surface area contributed by atoms with Gasteiger partial charge in [-0.2, -0.15) is 0 Å². The molecule has 2 aromatic carbocycles. The van der Waals surface area contributed by atoms with Crippen molar-refractivity contribution in [2.75, 3.05) is 39.4 Å². The molecule has 2 amide bonds. The van der Waals surface area contributed by atoms with Crippen molar-refractivity contribution in [2.24, 2.45) is 0 Å². The van der Waals surface area contributed by atoms with Crippen molar-refractivity contribution in [3.05, 3.63) is 59.2 Å². The van der Waals surface area contributed by atoms with Crippen molar-refractivity contribution in [2.45, 2.75) is 27.2 Å². The van der Waals surface area contributed by atoms with Crippen LogP contribution in [-0.4, -0.2) is 61.0 Å². The molecule has 3 rings (SSSR count). The van der Waals surface area contributed by atoms with E-state index in [1.807, 2.05) is 57.2 Å². The number of amides is 2. The van der Waals surface area contributed by atoms with Crippen LogP contribution in [0.15, 0.2) is 42.5 Å². The average Bonchev–Trinajstić information content (AvgIpc) is 2.77. The van der Waals surface area contributed by atoms with Gasteiger partial charge in [-0.1, -0.05) is 30.3 Å². The van der Waals surface area contributed by atoms with E-state index in [9.17, 15) is 9.59 Å². The van der Waals surface area contributed by atoms with Crippen molar-refractivity contribution in [1.82, 2.24) is 9.80 Å². The lowest BCUT2D eigenvalue weighted by Gasteiger charge is -2.34. The second kappa shape index (κ2) is 10.1. The fraction of sp³-hybridized carbons (Fsp3) is 0.417. The number of para-hydroxylation sites is 1. The zero-order chi connectivity index (χ0) is 21.5. The summed E-state index contributed by atoms with van der Waals surface area (Å²) in [4.78, 5) is 28.5. The first-order valence-corrected chi connectivity index (χ1v) is 10.4. The summed E-state index contributed by atoms with van der Waals surface area (Å²) in [5, 5.41) is 0. The molecule has 0 saturated carbocycles. The maximum absolute atomic E-state index is 12.6. The number of aryl methyl sites for hydroxylation is 2. The number of benzene rings is 2. The zero-order valence-electron chi connectivity index (χ0n) is 18.0. The van der Waals surface area contributed by atoms with Gasteiger partial charge in [0.25, 0.3) is 5.91 Å². The van der Waals surface area contributed by atoms with Gasteiger partial charge in [0.05, 0.1) is 13.0 Å². The Hall–Kier alpha value is -3.02. The van der Waals surface area contributed by atoms with Gasteiger partial charge in [0.2, 0.25) is 5.91 Å². The van der Waals surface area contributed by atoms with Crippen molar-refractivity contribution < 1.29 is 19.1 Å². The summed E-state index contributed by atoms with van der Waals surface area (Å²) in [7, 11) is 0. The number of ether oxygens (including phenoxy) is 2. The Balaban J connectivity index is 1.41. The van der Waals surface area contributed by atoms with E-state index in [1.54, 1.807) is 9.80 Å². The molecule has 1 fully saturated rings. The summed E-state index contributed by atoms with van der Waals surface area (Å²) in [5.74, 6) is 1.56. The second-order valence-corrected chi connectivity index (χ2v) is 7.62. The van der Waals surface area contributed by atoms with Gasteiger partial charge in [0, 0.05) is 26.2 Å². The highest BCUT2D eigenvalue weighted by Crippen LogP contribution is 2.25. The summed E-state index contributed by atoms with van der Waals surface area (Å²) in [6.45, 7) is 8.53. The van der Waals surface area contributed by atoms with E-state index in [1.165, 1.54) is 0 Å². The summed E-state index contributed by atoms with van der Waals surface area (Å²) < 4.78 is 11.4. The Morgan fingerprint density at radius 3 is 2.07 bits per heavy atom. The van der Waals surface area contributed by atoms with Gasteiger partial charge in [-0.05, 0) is 49.6 Å². The summed E-state index contributed by atoms with van der Waals surface area (Å²) in [5.41, 5.74) is 3.24. The van der Waals surface area contributed by atoms with E-state index in [0.29, 0.717) is 39.2 Å². The lowest BCUT2D eigenvalue weighted by molar-refractivity contribution is -0.141. The van der Waals surface area contributed by atoms with Crippen LogP contribution in [0.1, 0.15) is 23.1 Å². The first-order chi connectivity index (χ1) is 14.5. The van der Waals surface area contributed by atoms with Crippen molar-refractivity contribution in [3.8, 4) is 11.5 Å². The van der Waals surface area contributed by atoms with Crippen LogP contribution in [0.3, 0.4) is 0 Å². The highest BCUT2D eigenvalue weighted by atomic mass is 16.5. The number of carbonyl (C=O) groups is 2. The molecular weight excluding hydrogens is 380 g/mol. The molecule has 6 nitrogen and oxygen atoms in total. The first kappa shape index (κ1) is 21.7. The predicted molar refractivity (Wildman–Crippen MR) is 116 cm³/mol. The highest BCUT2D eigenvalue weighted by molar-refractivity contribution is 5.79. The van der Waals surface area contributed by atoms with Crippen LogP contribution in [-0.2, 0) is 9.59 Å². The molecule has 2 aromatic rings. The molecular formula is C24H30N2O4. The third-order valence-corrected chi connectivity index (χ3v) is 5.53. The standard InChI is InChI=1S/C24H30N2O4/c1-18-9-10-19(2)24(20(18)3)30-17-23(28)26-14-12-25(13-15-26)22(27)11-16-29-21-7-5-4-6-8-21/h4-10H,11-17H2,1-3H3. The van der Waals surface area contributed by atoms with Gasteiger partial charge in [0.1, 0.15) is 11.5 Å². The minimum Gasteiger partial charge on any atom is -0.493 e. The Morgan fingerprint density at radius 1 is 0.800 bits per heavy atom. The molecule has 0 spiro atoms. The van der Waals surface area contributed by atoms with E-state index in [-0.39, 0.29) is 18.4 Å². The van der Waals surface area contributed by atoms with Crippen LogP contribution in [0.5, 0.6) is 11.5 Å². The van der Waals surface area contributed by atoms with E-state index in [0.717, 1.165) is 28.2 Å². The van der Waals surface area contributed by atoms with E-state index < -0.39 is 0 Å². The molecule has 1 saturated heterocycles. The van der Waals surface area contributed by atoms with Gasteiger partial charge in [-0.15, -0.1) is 0 Å². The molecule has 0 atom stereocenters. The maximum atomic E-state index is 12.6. The SMILES string of the molecule is Cc1ccc(C)c(OCC(=O)N2CCN(C(=O)CCOc3ccccc3)CC2)c1C. The largest absolute Gasteiger partial charge is 0.493 e. The van der Waals surface area contributed by atoms with Crippen LogP contribution in [0, 0.1) is 20.8 Å². The summed E-state index contributed by atoms with van der Waals surface area (Å²) in [6.07, 6.45) is 0.331. The van der Waals surface area contributed by atoms with Gasteiger partial charge in [0.15, 0.2) is 6.61 Å². The number of nitrogens with zero attached hydrogens (tertiary/aromatic N) is 2. The number of hydrogen-bond donors (Lipinski definition) is 0. The number of piperazine rings is 1. The van der Waals surface area contributed by atoms with Crippen molar-refractivity contribution >= 4 is 11.8 Å². The van der Waals surface area contributed by atoms with Gasteiger partial charge < -0.3 is 19.3 Å². The van der Waals surface area contributed by atoms with E-state index in [2.05, 4.69) is 6.07 Å². The lowest BCUT2D eigenvalue weighted by Crippen LogP contribution is -2.51. The Kier molecular flexibility index (Phi) is 7.33. The number of hydrogen-bond acceptors (Lipinski definition) is 4. The fourth-order valence-corrected chi connectivity index (χ4v) is 3.51. The van der Waals surface area contributed by atoms with Crippen molar-refractivity contribution in [1.29, 1.82) is 0 Å². The third-order valence-electron chi connectivity index (χ3n) is 5.53. The van der Waals surface area contributed by atoms with Crippen LogP contribution in [0.25, 0.3) is 0 Å². The quantitative estimate of drug-likeness (QED) is 0.704. The lowest BCUT2D eigenvalue weighted by atomic mass is 10.1. The Bertz CT molecular complexity index is 874. The molecule has 1 aliphatic heterocycles. The Morgan fingerprint density at radius 2 is 1.40 bits per heavy atom. The fourth-order valence-electron chi connectivity index (χ4n) is 3.51. The first-order valence-electron chi connectivity index (χ1n) is 10.4. The molecule has 0 aliphatic carbocycles. The van der Waals surface area contributed by atoms with Crippen LogP contribution >= 0.6 is 0 Å². The van der Waals surface area contributed by atoms with Gasteiger partial charge >= 0.3 is 0 Å². The van der Waals surface area contributed by atoms with Crippen LogP contribution < -0.4 is 9.47 Å². The molecule has 0 aromatic heterocycles. The molecule has 1 heterocycles. The second-order valence-electron chi connectivity index (χ2n) is 7.62. The van der Waals surface area contributed by atoms with Gasteiger partial charge in [-0.3, -0.25) is 9.59 Å². The number of rotatable bonds is 7. The zero-order valence-corrected chi connectivity index (χ0v) is 18.0. The van der Waals surface area contributed by atoms with Gasteiger partial charge in [-0.25, -0.2) is 0 Å². The third kappa shape index (κ3) is 5.53. The normalized spacial score (nSPS) is 13.8. The molecule has 0 bridgehead atoms. The minimum absolute atomic E-state index is 0.0179. The minimum atomic E-state index is -0.0465. The van der Waals surface area contributed by atoms with E-state index in [4.69, 9.17) is 9.47 Å². The summed E-state index contributed by atoms with van der Waals surface area (Å²) in [6, 6.07) is 13.5. The number of carbonyl (C=O) groups excluding carboxylic acids is 2. The monoisotopic (exact) mass is 410 g/mol. The molecule has 0 unspecified atom stereocenters. The average molecular weight is 411 g/mol. The molecule has 0 radical (unpaired) electrons. The van der Waals surface area contributed by atoms with Crippen LogP contribution in [0.2, 0.25) is 0 Å². The highest BCUT2D eigenvalue weighted by Gasteiger charge is 2.24. The maximum Gasteiger partial charge on any atom is 0.260 e. The smallest absolute Gasteiger partial charge is 0.260 e. The van der Waals surface area contributed by atoms with Crippen LogP contribution in [0.4, 0.5) is 0 Å². The molecule has 0 N–H and O–H groups in total. The predicted octanol–water partition coefficient (Wildman–Crippen LogP) is 3.13. The molecule has 6 heteroatoms. The Labute approximate surface area is 178 Å². The van der Waals surface area contributed by atoms with Crippen molar-refractivity contribution in [3.63, 3.8) is 0 Å². The molecule has 160 valence electrons. The molecule has 1 aliphatic rings. The summed E-state index contributed by atoms with van der Waals surface area (Å²) >= 11 is 0. The topological polar surface area (TPSA) is 59.1 Å². The molecule has 30 heavy (non-hydrogen) atoms. The van der Waals surface area contributed by atoms with E-state index >= 15 is 0 Å².